The quantitative estimate of drug-likeness (QED) is 0.574. The minimum absolute atomic E-state index is 0.0971. The minimum atomic E-state index is -0.263. The smallest absolute Gasteiger partial charge is 0.243 e. The van der Waals surface area contributed by atoms with E-state index in [-0.39, 0.29) is 23.6 Å². The molecule has 26 heavy (non-hydrogen) atoms. The molecule has 1 heterocycles. The number of nitrogens with one attached hydrogen (secondary N) is 1. The number of carbonyl (C=O) groups excluding carboxylic acids is 1. The molecule has 5 heteroatoms. The topological polar surface area (TPSA) is 54.4 Å². The molecule has 2 unspecified atom stereocenters. The number of hydrazone groups is 1. The molecular formula is C21H18FN3O. The van der Waals surface area contributed by atoms with E-state index in [4.69, 9.17) is 0 Å². The average Bonchev–Trinajstić information content (AvgIpc) is 3.43. The number of rotatable bonds is 4. The Balaban J connectivity index is 1.40. The number of benzene rings is 2. The molecule has 3 aromatic rings. The zero-order chi connectivity index (χ0) is 18.1. The summed E-state index contributed by atoms with van der Waals surface area (Å²) in [5.74, 6) is -0.310. The summed E-state index contributed by atoms with van der Waals surface area (Å²) in [6.45, 7) is 2.00. The van der Waals surface area contributed by atoms with Crippen LogP contribution in [0, 0.1) is 18.7 Å². The molecule has 2 atom stereocenters. The van der Waals surface area contributed by atoms with Crippen LogP contribution in [0.5, 0.6) is 0 Å². The summed E-state index contributed by atoms with van der Waals surface area (Å²) in [6.07, 6.45) is 4.19. The van der Waals surface area contributed by atoms with Crippen molar-refractivity contribution in [1.29, 1.82) is 0 Å². The van der Waals surface area contributed by atoms with E-state index >= 15 is 0 Å². The van der Waals surface area contributed by atoms with E-state index < -0.39 is 0 Å². The molecule has 0 spiro atoms. The highest BCUT2D eigenvalue weighted by Crippen LogP contribution is 2.47. The van der Waals surface area contributed by atoms with Gasteiger partial charge in [-0.25, -0.2) is 9.82 Å². The summed E-state index contributed by atoms with van der Waals surface area (Å²) in [5, 5.41) is 5.13. The lowest BCUT2D eigenvalue weighted by atomic mass is 10.1. The molecule has 1 N–H and O–H groups in total. The van der Waals surface area contributed by atoms with Gasteiger partial charge in [-0.2, -0.15) is 5.10 Å². The number of carbonyl (C=O) groups is 1. The third kappa shape index (κ3) is 3.33. The van der Waals surface area contributed by atoms with Crippen molar-refractivity contribution in [2.24, 2.45) is 11.0 Å². The highest BCUT2D eigenvalue weighted by molar-refractivity contribution is 5.91. The molecule has 0 aliphatic heterocycles. The van der Waals surface area contributed by atoms with Crippen molar-refractivity contribution in [2.75, 3.05) is 0 Å². The molecule has 1 amide bonds. The van der Waals surface area contributed by atoms with Crippen LogP contribution in [0.4, 0.5) is 4.39 Å². The van der Waals surface area contributed by atoms with E-state index in [1.54, 1.807) is 24.5 Å². The summed E-state index contributed by atoms with van der Waals surface area (Å²) >= 11 is 0. The van der Waals surface area contributed by atoms with Crippen molar-refractivity contribution in [1.82, 2.24) is 10.4 Å². The number of amides is 1. The van der Waals surface area contributed by atoms with Gasteiger partial charge >= 0.3 is 0 Å². The maximum Gasteiger partial charge on any atom is 0.243 e. The summed E-state index contributed by atoms with van der Waals surface area (Å²) < 4.78 is 13.0. The van der Waals surface area contributed by atoms with Gasteiger partial charge in [-0.15, -0.1) is 0 Å². The van der Waals surface area contributed by atoms with Gasteiger partial charge < -0.3 is 0 Å². The lowest BCUT2D eigenvalue weighted by molar-refractivity contribution is -0.122. The summed E-state index contributed by atoms with van der Waals surface area (Å²) in [4.78, 5) is 16.6. The number of nitrogens with zero attached hydrogens (tertiary/aromatic N) is 2. The molecule has 2 aromatic carbocycles. The van der Waals surface area contributed by atoms with Crippen LogP contribution in [-0.2, 0) is 4.79 Å². The third-order valence-electron chi connectivity index (χ3n) is 4.73. The fraction of sp³-hybridized carbons (Fsp3) is 0.190. The molecule has 1 aliphatic carbocycles. The number of pyridine rings is 1. The van der Waals surface area contributed by atoms with Crippen LogP contribution in [0.2, 0.25) is 0 Å². The second-order valence-electron chi connectivity index (χ2n) is 6.65. The van der Waals surface area contributed by atoms with Gasteiger partial charge in [0.1, 0.15) is 5.82 Å². The van der Waals surface area contributed by atoms with Gasteiger partial charge in [-0.3, -0.25) is 9.78 Å². The first kappa shape index (κ1) is 16.4. The van der Waals surface area contributed by atoms with E-state index in [9.17, 15) is 9.18 Å². The third-order valence-corrected chi connectivity index (χ3v) is 4.73. The Hall–Kier alpha value is -3.08. The van der Waals surface area contributed by atoms with Gasteiger partial charge in [0.05, 0.1) is 11.7 Å². The molecular weight excluding hydrogens is 329 g/mol. The van der Waals surface area contributed by atoms with Crippen LogP contribution in [0.15, 0.2) is 59.8 Å². The summed E-state index contributed by atoms with van der Waals surface area (Å²) in [5.41, 5.74) is 6.55. The molecule has 4 nitrogen and oxygen atoms in total. The predicted molar refractivity (Wildman–Crippen MR) is 99.5 cm³/mol. The Labute approximate surface area is 150 Å². The fourth-order valence-electron chi connectivity index (χ4n) is 3.29. The largest absolute Gasteiger partial charge is 0.273 e. The first-order chi connectivity index (χ1) is 12.6. The minimum Gasteiger partial charge on any atom is -0.273 e. The van der Waals surface area contributed by atoms with Crippen molar-refractivity contribution in [3.05, 3.63) is 77.2 Å². The first-order valence-corrected chi connectivity index (χ1v) is 8.55. The molecule has 1 saturated carbocycles. The molecule has 1 aromatic heterocycles. The van der Waals surface area contributed by atoms with Crippen molar-refractivity contribution >= 4 is 23.0 Å². The van der Waals surface area contributed by atoms with Crippen LogP contribution in [0.3, 0.4) is 0 Å². The average molecular weight is 347 g/mol. The maximum absolute atomic E-state index is 13.0. The maximum atomic E-state index is 13.0. The number of aryl methyl sites for hydroxylation is 1. The zero-order valence-corrected chi connectivity index (χ0v) is 14.3. The first-order valence-electron chi connectivity index (χ1n) is 8.55. The van der Waals surface area contributed by atoms with Crippen molar-refractivity contribution < 1.29 is 9.18 Å². The summed E-state index contributed by atoms with van der Waals surface area (Å²) in [6, 6.07) is 14.2. The van der Waals surface area contributed by atoms with Gasteiger partial charge in [0.25, 0.3) is 0 Å². The van der Waals surface area contributed by atoms with E-state index in [1.165, 1.54) is 12.1 Å². The normalized spacial score (nSPS) is 19.0. The van der Waals surface area contributed by atoms with Gasteiger partial charge in [0.2, 0.25) is 5.91 Å². The highest BCUT2D eigenvalue weighted by atomic mass is 19.1. The molecule has 0 radical (unpaired) electrons. The van der Waals surface area contributed by atoms with E-state index in [1.807, 2.05) is 31.2 Å². The number of aromatic nitrogens is 1. The van der Waals surface area contributed by atoms with Crippen LogP contribution in [0.1, 0.15) is 29.0 Å². The lowest BCUT2D eigenvalue weighted by Crippen LogP contribution is -2.20. The highest BCUT2D eigenvalue weighted by Gasteiger charge is 2.43. The Morgan fingerprint density at radius 1 is 1.27 bits per heavy atom. The van der Waals surface area contributed by atoms with Gasteiger partial charge in [-0.05, 0) is 66.3 Å². The van der Waals surface area contributed by atoms with Crippen LogP contribution in [0.25, 0.3) is 10.9 Å². The Bertz CT molecular complexity index is 998. The van der Waals surface area contributed by atoms with Crippen molar-refractivity contribution in [3.8, 4) is 0 Å². The fourth-order valence-corrected chi connectivity index (χ4v) is 3.29. The standard InChI is InChI=1S/C21H18FN3O/c1-13-9-14(10-16-3-2-8-23-20(13)16)12-24-25-21(26)19-11-18(19)15-4-6-17(22)7-5-15/h2-10,12,18-19H,11H2,1H3,(H,25,26)/b24-12+. The molecule has 0 bridgehead atoms. The van der Waals surface area contributed by atoms with Crippen LogP contribution < -0.4 is 5.43 Å². The Morgan fingerprint density at radius 2 is 2.08 bits per heavy atom. The molecule has 0 saturated heterocycles. The van der Waals surface area contributed by atoms with Crippen molar-refractivity contribution in [2.45, 2.75) is 19.3 Å². The van der Waals surface area contributed by atoms with Gasteiger partial charge in [-0.1, -0.05) is 18.2 Å². The zero-order valence-electron chi connectivity index (χ0n) is 14.3. The molecule has 4 rings (SSSR count). The second kappa shape index (κ2) is 6.67. The van der Waals surface area contributed by atoms with E-state index in [0.717, 1.165) is 34.0 Å². The van der Waals surface area contributed by atoms with Gasteiger partial charge in [0, 0.05) is 17.5 Å². The molecule has 130 valence electrons. The predicted octanol–water partition coefficient (Wildman–Crippen LogP) is 3.94. The molecule has 1 fully saturated rings. The SMILES string of the molecule is Cc1cc(/C=N/NC(=O)C2CC2c2ccc(F)cc2)cc2cccnc12. The summed E-state index contributed by atoms with van der Waals surface area (Å²) in [7, 11) is 0. The van der Waals surface area contributed by atoms with E-state index in [0.29, 0.717) is 0 Å². The monoisotopic (exact) mass is 347 g/mol. The number of hydrogen-bond donors (Lipinski definition) is 1. The Kier molecular flexibility index (Phi) is 4.21. The van der Waals surface area contributed by atoms with Crippen LogP contribution in [-0.4, -0.2) is 17.1 Å². The Morgan fingerprint density at radius 3 is 2.88 bits per heavy atom. The number of fused-ring (bicyclic) bond motifs is 1. The second-order valence-corrected chi connectivity index (χ2v) is 6.65. The molecule has 1 aliphatic rings. The lowest BCUT2D eigenvalue weighted by Gasteiger charge is -2.03. The van der Waals surface area contributed by atoms with E-state index in [2.05, 4.69) is 15.5 Å². The van der Waals surface area contributed by atoms with Gasteiger partial charge in [0.15, 0.2) is 0 Å². The number of halogens is 1. The van der Waals surface area contributed by atoms with Crippen molar-refractivity contribution in [3.63, 3.8) is 0 Å². The van der Waals surface area contributed by atoms with Crippen LogP contribution >= 0.6 is 0 Å². The number of hydrogen-bond acceptors (Lipinski definition) is 3.